The molecule has 0 spiro atoms. The number of amides is 2. The Bertz CT molecular complexity index is 818. The fourth-order valence-electron chi connectivity index (χ4n) is 3.36. The van der Waals surface area contributed by atoms with E-state index in [4.69, 9.17) is 0 Å². The molecule has 0 aromatic heterocycles. The van der Waals surface area contributed by atoms with Crippen LogP contribution in [0.15, 0.2) is 48.5 Å². The minimum Gasteiger partial charge on any atom is -0.352 e. The van der Waals surface area contributed by atoms with E-state index in [0.29, 0.717) is 30.9 Å². The summed E-state index contributed by atoms with van der Waals surface area (Å²) in [5.74, 6) is -0.451. The lowest BCUT2D eigenvalue weighted by molar-refractivity contribution is -0.126. The first-order chi connectivity index (χ1) is 13.5. The summed E-state index contributed by atoms with van der Waals surface area (Å²) in [5, 5.41) is 5.72. The molecule has 148 valence electrons. The van der Waals surface area contributed by atoms with Gasteiger partial charge in [0.05, 0.1) is 6.54 Å². The maximum absolute atomic E-state index is 13.6. The molecule has 1 heterocycles. The number of nitrogens with one attached hydrogen (secondary N) is 2. The van der Waals surface area contributed by atoms with Crippen molar-refractivity contribution in [3.05, 3.63) is 65.5 Å². The Morgan fingerprint density at radius 3 is 2.50 bits per heavy atom. The number of halogens is 1. The van der Waals surface area contributed by atoms with Crippen LogP contribution in [0.2, 0.25) is 0 Å². The second-order valence-corrected chi connectivity index (χ2v) is 7.27. The second kappa shape index (κ2) is 9.46. The molecule has 0 radical (unpaired) electrons. The molecule has 1 aliphatic rings. The fraction of sp³-hybridized carbons (Fsp3) is 0.364. The van der Waals surface area contributed by atoms with Crippen LogP contribution < -0.4 is 10.6 Å². The molecule has 2 N–H and O–H groups in total. The molecule has 0 aliphatic carbocycles. The predicted molar refractivity (Wildman–Crippen MR) is 107 cm³/mol. The minimum absolute atomic E-state index is 0.0192. The minimum atomic E-state index is -0.333. The van der Waals surface area contributed by atoms with Gasteiger partial charge in [0, 0.05) is 18.2 Å². The van der Waals surface area contributed by atoms with Crippen molar-refractivity contribution >= 4 is 17.5 Å². The highest BCUT2D eigenvalue weighted by atomic mass is 19.1. The molecule has 1 fully saturated rings. The molecule has 2 amide bonds. The van der Waals surface area contributed by atoms with E-state index in [1.54, 1.807) is 19.1 Å². The molecule has 6 heteroatoms. The van der Waals surface area contributed by atoms with Crippen molar-refractivity contribution in [1.29, 1.82) is 0 Å². The third-order valence-electron chi connectivity index (χ3n) is 5.09. The molecule has 2 aromatic carbocycles. The summed E-state index contributed by atoms with van der Waals surface area (Å²) in [6.07, 6.45) is 1.46. The molecule has 0 atom stereocenters. The highest BCUT2D eigenvalue weighted by Gasteiger charge is 2.25. The van der Waals surface area contributed by atoms with Crippen LogP contribution in [0, 0.1) is 18.7 Å². The average molecular weight is 383 g/mol. The fourth-order valence-corrected chi connectivity index (χ4v) is 3.36. The normalized spacial score (nSPS) is 15.2. The number of rotatable bonds is 6. The lowest BCUT2D eigenvalue weighted by Gasteiger charge is -2.30. The monoisotopic (exact) mass is 383 g/mol. The SMILES string of the molecule is Cc1ccc(NC(=O)CN2CCC(C(=O)NCc3ccccc3)CC2)cc1F. The van der Waals surface area contributed by atoms with E-state index in [-0.39, 0.29) is 30.1 Å². The Labute approximate surface area is 164 Å². The summed E-state index contributed by atoms with van der Waals surface area (Å²) in [7, 11) is 0. The molecule has 5 nitrogen and oxygen atoms in total. The summed E-state index contributed by atoms with van der Waals surface area (Å²) in [4.78, 5) is 26.6. The smallest absolute Gasteiger partial charge is 0.238 e. The molecule has 28 heavy (non-hydrogen) atoms. The van der Waals surface area contributed by atoms with E-state index in [2.05, 4.69) is 10.6 Å². The van der Waals surface area contributed by atoms with Crippen LogP contribution in [-0.2, 0) is 16.1 Å². The number of nitrogens with zero attached hydrogens (tertiary/aromatic N) is 1. The van der Waals surface area contributed by atoms with Crippen molar-refractivity contribution in [3.8, 4) is 0 Å². The molecule has 0 saturated carbocycles. The highest BCUT2D eigenvalue weighted by Crippen LogP contribution is 2.18. The van der Waals surface area contributed by atoms with Crippen LogP contribution in [0.5, 0.6) is 0 Å². The molecule has 0 bridgehead atoms. The van der Waals surface area contributed by atoms with Crippen LogP contribution in [0.25, 0.3) is 0 Å². The third-order valence-corrected chi connectivity index (χ3v) is 5.09. The first kappa shape index (κ1) is 20.0. The van der Waals surface area contributed by atoms with Gasteiger partial charge in [0.1, 0.15) is 5.82 Å². The summed E-state index contributed by atoms with van der Waals surface area (Å²) < 4.78 is 13.6. The first-order valence-corrected chi connectivity index (χ1v) is 9.61. The molecule has 1 aliphatic heterocycles. The lowest BCUT2D eigenvalue weighted by atomic mass is 9.96. The van der Waals surface area contributed by atoms with Gasteiger partial charge in [0.15, 0.2) is 0 Å². The standard InChI is InChI=1S/C22H26FN3O2/c1-16-7-8-19(13-20(16)23)25-21(27)15-26-11-9-18(10-12-26)22(28)24-14-17-5-3-2-4-6-17/h2-8,13,18H,9-12,14-15H2,1H3,(H,24,28)(H,25,27). The van der Waals surface area contributed by atoms with E-state index < -0.39 is 0 Å². The van der Waals surface area contributed by atoms with Crippen LogP contribution in [0.3, 0.4) is 0 Å². The average Bonchev–Trinajstić information content (AvgIpc) is 2.70. The largest absolute Gasteiger partial charge is 0.352 e. The van der Waals surface area contributed by atoms with Gasteiger partial charge < -0.3 is 10.6 Å². The zero-order chi connectivity index (χ0) is 19.9. The first-order valence-electron chi connectivity index (χ1n) is 9.61. The van der Waals surface area contributed by atoms with E-state index in [1.165, 1.54) is 6.07 Å². The Hall–Kier alpha value is -2.73. The molecular formula is C22H26FN3O2. The number of aryl methyl sites for hydroxylation is 1. The number of carbonyl (C=O) groups is 2. The van der Waals surface area contributed by atoms with E-state index in [1.807, 2.05) is 35.2 Å². The number of anilines is 1. The van der Waals surface area contributed by atoms with Gasteiger partial charge in [-0.2, -0.15) is 0 Å². The van der Waals surface area contributed by atoms with Crippen LogP contribution in [-0.4, -0.2) is 36.3 Å². The van der Waals surface area contributed by atoms with E-state index in [9.17, 15) is 14.0 Å². The number of piperidine rings is 1. The Morgan fingerprint density at radius 2 is 1.82 bits per heavy atom. The molecule has 0 unspecified atom stereocenters. The van der Waals surface area contributed by atoms with Crippen LogP contribution in [0.4, 0.5) is 10.1 Å². The Kier molecular flexibility index (Phi) is 6.76. The van der Waals surface area contributed by atoms with Gasteiger partial charge >= 0.3 is 0 Å². The number of likely N-dealkylation sites (tertiary alicyclic amines) is 1. The topological polar surface area (TPSA) is 61.4 Å². The molecule has 1 saturated heterocycles. The van der Waals surface area contributed by atoms with Gasteiger partial charge in [-0.1, -0.05) is 36.4 Å². The zero-order valence-corrected chi connectivity index (χ0v) is 16.1. The van der Waals surface area contributed by atoms with Gasteiger partial charge in [-0.25, -0.2) is 4.39 Å². The number of hydrogen-bond donors (Lipinski definition) is 2. The van der Waals surface area contributed by atoms with Gasteiger partial charge in [-0.15, -0.1) is 0 Å². The summed E-state index contributed by atoms with van der Waals surface area (Å²) in [5.41, 5.74) is 2.09. The van der Waals surface area contributed by atoms with Crippen molar-refractivity contribution in [1.82, 2.24) is 10.2 Å². The van der Waals surface area contributed by atoms with Gasteiger partial charge in [-0.3, -0.25) is 14.5 Å². The van der Waals surface area contributed by atoms with Crippen LogP contribution >= 0.6 is 0 Å². The maximum Gasteiger partial charge on any atom is 0.238 e. The number of hydrogen-bond acceptors (Lipinski definition) is 3. The summed E-state index contributed by atoms with van der Waals surface area (Å²) in [6.45, 7) is 3.85. The summed E-state index contributed by atoms with van der Waals surface area (Å²) >= 11 is 0. The van der Waals surface area contributed by atoms with E-state index >= 15 is 0 Å². The predicted octanol–water partition coefficient (Wildman–Crippen LogP) is 3.10. The van der Waals surface area contributed by atoms with Crippen molar-refractivity contribution < 1.29 is 14.0 Å². The van der Waals surface area contributed by atoms with Crippen LogP contribution in [0.1, 0.15) is 24.0 Å². The zero-order valence-electron chi connectivity index (χ0n) is 16.1. The number of carbonyl (C=O) groups excluding carboxylic acids is 2. The summed E-state index contributed by atoms with van der Waals surface area (Å²) in [6, 6.07) is 14.5. The third kappa shape index (κ3) is 5.63. The molecule has 3 rings (SSSR count). The van der Waals surface area contributed by atoms with Gasteiger partial charge in [-0.05, 0) is 56.1 Å². The highest BCUT2D eigenvalue weighted by molar-refractivity contribution is 5.92. The molecule has 2 aromatic rings. The quantitative estimate of drug-likeness (QED) is 0.806. The lowest BCUT2D eigenvalue weighted by Crippen LogP contribution is -2.43. The van der Waals surface area contributed by atoms with Crippen molar-refractivity contribution in [2.75, 3.05) is 25.0 Å². The van der Waals surface area contributed by atoms with Gasteiger partial charge in [0.2, 0.25) is 11.8 Å². The van der Waals surface area contributed by atoms with Crippen molar-refractivity contribution in [2.24, 2.45) is 5.92 Å². The van der Waals surface area contributed by atoms with Gasteiger partial charge in [0.25, 0.3) is 0 Å². The van der Waals surface area contributed by atoms with E-state index in [0.717, 1.165) is 18.4 Å². The second-order valence-electron chi connectivity index (χ2n) is 7.27. The maximum atomic E-state index is 13.6. The molecular weight excluding hydrogens is 357 g/mol. The van der Waals surface area contributed by atoms with Crippen molar-refractivity contribution in [3.63, 3.8) is 0 Å². The Balaban J connectivity index is 1.40. The van der Waals surface area contributed by atoms with Crippen molar-refractivity contribution in [2.45, 2.75) is 26.3 Å². The number of benzene rings is 2. The Morgan fingerprint density at radius 1 is 1.11 bits per heavy atom.